The number of nitrogens with zero attached hydrogens (tertiary/aromatic N) is 4. The van der Waals surface area contributed by atoms with Crippen molar-refractivity contribution in [3.05, 3.63) is 0 Å². The van der Waals surface area contributed by atoms with E-state index >= 15 is 0 Å². The molecule has 0 heterocycles. The van der Waals surface area contributed by atoms with Crippen LogP contribution in [0.25, 0.3) is 0 Å². The van der Waals surface area contributed by atoms with Gasteiger partial charge in [0.05, 0.1) is 39.9 Å². The van der Waals surface area contributed by atoms with Gasteiger partial charge in [0.2, 0.25) is 0 Å². The maximum atomic E-state index is 13.3. The molecule has 4 amide bonds. The predicted octanol–water partition coefficient (Wildman–Crippen LogP) is -0.966. The lowest BCUT2D eigenvalue weighted by Crippen LogP contribution is -2.64. The van der Waals surface area contributed by atoms with E-state index in [1.54, 1.807) is 0 Å². The maximum Gasteiger partial charge on any atom is 0.445 e. The molecule has 0 aromatic carbocycles. The molecule has 0 radical (unpaired) electrons. The number of rotatable bonds is 6. The van der Waals surface area contributed by atoms with E-state index in [0.717, 1.165) is 13.8 Å². The largest absolute Gasteiger partial charge is 0.451 e. The van der Waals surface area contributed by atoms with Gasteiger partial charge < -0.3 is 18.9 Å². The molecule has 0 atom stereocenters. The molecule has 0 aromatic rings. The van der Waals surface area contributed by atoms with Gasteiger partial charge in [-0.15, -0.1) is 0 Å². The summed E-state index contributed by atoms with van der Waals surface area (Å²) in [6.07, 6.45) is -8.24. The van der Waals surface area contributed by atoms with Gasteiger partial charge in [-0.1, -0.05) is 17.7 Å². The number of amides is 4. The summed E-state index contributed by atoms with van der Waals surface area (Å²) in [5.41, 5.74) is 0. The van der Waals surface area contributed by atoms with Gasteiger partial charge in [-0.3, -0.25) is 0 Å². The molecule has 0 spiro atoms. The second-order valence-electron chi connectivity index (χ2n) is 5.16. The first kappa shape index (κ1) is 29.9. The van der Waals surface area contributed by atoms with Crippen LogP contribution in [0.1, 0.15) is 13.8 Å². The Labute approximate surface area is 189 Å². The monoisotopic (exact) mass is 542 g/mol. The van der Waals surface area contributed by atoms with Gasteiger partial charge in [0.25, 0.3) is 20.0 Å². The van der Waals surface area contributed by atoms with Crippen LogP contribution in [0.4, 0.5) is 19.2 Å². The quantitative estimate of drug-likeness (QED) is 0.291. The molecule has 33 heavy (non-hydrogen) atoms. The molecule has 0 N–H and O–H groups in total. The van der Waals surface area contributed by atoms with E-state index in [9.17, 15) is 44.4 Å². The van der Waals surface area contributed by atoms with Gasteiger partial charge in [-0.25, -0.2) is 36.0 Å². The number of methoxy groups -OCH3 is 4. The lowest BCUT2D eigenvalue weighted by Gasteiger charge is -2.35. The Morgan fingerprint density at radius 3 is 0.909 bits per heavy atom. The number of carbonyl (C=O) groups excluding carboxylic acids is 4. The van der Waals surface area contributed by atoms with Crippen LogP contribution < -0.4 is 0 Å². The third kappa shape index (κ3) is 6.04. The second kappa shape index (κ2) is 11.2. The van der Waals surface area contributed by atoms with Crippen molar-refractivity contribution in [2.24, 2.45) is 0 Å². The number of ether oxygens (including phenoxy) is 4. The van der Waals surface area contributed by atoms with E-state index in [4.69, 9.17) is 0 Å². The van der Waals surface area contributed by atoms with Gasteiger partial charge in [-0.2, -0.15) is 8.42 Å². The third-order valence-electron chi connectivity index (χ3n) is 3.35. The Morgan fingerprint density at radius 2 is 0.727 bits per heavy atom. The number of hydrazine groups is 2. The molecule has 0 saturated heterocycles. The van der Waals surface area contributed by atoms with Crippen LogP contribution >= 0.6 is 0 Å². The summed E-state index contributed by atoms with van der Waals surface area (Å²) < 4.78 is 89.7. The van der Waals surface area contributed by atoms with Crippen molar-refractivity contribution in [2.45, 2.75) is 13.8 Å². The molecule has 21 heteroatoms. The zero-order valence-electron chi connectivity index (χ0n) is 18.1. The highest BCUT2D eigenvalue weighted by atomic mass is 32.2. The Balaban J connectivity index is 7.56. The highest BCUT2D eigenvalue weighted by Crippen LogP contribution is 2.24. The van der Waals surface area contributed by atoms with E-state index in [2.05, 4.69) is 18.9 Å². The first-order valence-corrected chi connectivity index (χ1v) is 12.9. The van der Waals surface area contributed by atoms with E-state index < -0.39 is 83.8 Å². The number of sulfonamides is 2. The fourth-order valence-electron chi connectivity index (χ4n) is 1.76. The van der Waals surface area contributed by atoms with Crippen LogP contribution in [-0.2, 0) is 49.2 Å². The fraction of sp³-hybridized carbons (Fsp3) is 0.667. The Bertz CT molecular complexity index is 1000. The summed E-state index contributed by atoms with van der Waals surface area (Å²) in [5.74, 6) is -2.01. The first-order valence-electron chi connectivity index (χ1n) is 8.28. The summed E-state index contributed by atoms with van der Waals surface area (Å²) in [6.45, 7) is 1.88. The SMILES string of the molecule is CCS(=O)(=O)N(C(=O)OC)N(C(=O)OC)S(=O)(=O)N(C(=O)OC)N(C(=O)OC)S(=O)(=O)CC. The zero-order valence-corrected chi connectivity index (χ0v) is 20.6. The summed E-state index contributed by atoms with van der Waals surface area (Å²) in [4.78, 5) is 49.0. The summed E-state index contributed by atoms with van der Waals surface area (Å²) >= 11 is 0. The standard InChI is InChI=1S/C12H22N4O14S3/c1-7-31(21,22)13(9(17)27-3)15(11(19)29-5)33(25,26)16(12(20)30-6)14(10(18)28-4)32(23,24)8-2/h7-8H2,1-6H3. The van der Waals surface area contributed by atoms with Crippen molar-refractivity contribution in [1.82, 2.24) is 17.7 Å². The van der Waals surface area contributed by atoms with Crippen LogP contribution in [0.3, 0.4) is 0 Å². The highest BCUT2D eigenvalue weighted by molar-refractivity contribution is 7.93. The molecular formula is C12H22N4O14S3. The smallest absolute Gasteiger partial charge is 0.445 e. The molecule has 0 aliphatic heterocycles. The number of carbonyl (C=O) groups is 4. The number of hydrogen-bond donors (Lipinski definition) is 0. The van der Waals surface area contributed by atoms with Gasteiger partial charge >= 0.3 is 34.6 Å². The lowest BCUT2D eigenvalue weighted by molar-refractivity contribution is 0.0571. The Hall–Kier alpha value is -3.07. The maximum absolute atomic E-state index is 13.3. The minimum atomic E-state index is -6.17. The van der Waals surface area contributed by atoms with Crippen molar-refractivity contribution in [3.63, 3.8) is 0 Å². The van der Waals surface area contributed by atoms with E-state index in [1.807, 2.05) is 0 Å². The second-order valence-corrected chi connectivity index (χ2v) is 10.9. The molecule has 0 unspecified atom stereocenters. The summed E-state index contributed by atoms with van der Waals surface area (Å²) in [5, 5.41) is 0. The van der Waals surface area contributed by atoms with Gasteiger partial charge in [0, 0.05) is 0 Å². The van der Waals surface area contributed by atoms with Crippen LogP contribution in [0.15, 0.2) is 0 Å². The molecule has 0 aliphatic carbocycles. The average molecular weight is 543 g/mol. The third-order valence-corrected chi connectivity index (χ3v) is 8.19. The molecule has 0 saturated carbocycles. The molecule has 18 nitrogen and oxygen atoms in total. The van der Waals surface area contributed by atoms with Gasteiger partial charge in [0.15, 0.2) is 0 Å². The number of hydrogen-bond acceptors (Lipinski definition) is 14. The van der Waals surface area contributed by atoms with Crippen molar-refractivity contribution in [1.29, 1.82) is 0 Å². The average Bonchev–Trinajstić information content (AvgIpc) is 2.77. The van der Waals surface area contributed by atoms with E-state index in [1.165, 1.54) is 0 Å². The minimum absolute atomic E-state index is 0.558. The highest BCUT2D eigenvalue weighted by Gasteiger charge is 2.54. The lowest BCUT2D eigenvalue weighted by atomic mass is 11.0. The van der Waals surface area contributed by atoms with Gasteiger partial charge in [0.1, 0.15) is 0 Å². The van der Waals surface area contributed by atoms with Crippen molar-refractivity contribution in [2.75, 3.05) is 39.9 Å². The molecule has 0 bridgehead atoms. The zero-order chi connectivity index (χ0) is 26.4. The molecule has 0 aliphatic rings. The fourth-order valence-corrected chi connectivity index (χ4v) is 5.73. The van der Waals surface area contributed by atoms with Crippen LogP contribution in [-0.4, -0.2) is 107 Å². The van der Waals surface area contributed by atoms with Crippen LogP contribution in [0.5, 0.6) is 0 Å². The molecular weight excluding hydrogens is 520 g/mol. The minimum Gasteiger partial charge on any atom is -0.451 e. The summed E-state index contributed by atoms with van der Waals surface area (Å²) in [7, 11) is -13.9. The van der Waals surface area contributed by atoms with E-state index in [0.29, 0.717) is 28.4 Å². The molecule has 0 aromatic heterocycles. The molecule has 0 fully saturated rings. The van der Waals surface area contributed by atoms with Crippen molar-refractivity contribution in [3.8, 4) is 0 Å². The van der Waals surface area contributed by atoms with Crippen molar-refractivity contribution < 1.29 is 63.4 Å². The predicted molar refractivity (Wildman–Crippen MR) is 105 cm³/mol. The normalized spacial score (nSPS) is 11.6. The molecule has 0 rings (SSSR count). The Morgan fingerprint density at radius 1 is 0.515 bits per heavy atom. The summed E-state index contributed by atoms with van der Waals surface area (Å²) in [6, 6.07) is 0. The first-order chi connectivity index (χ1) is 15.0. The molecule has 192 valence electrons. The van der Waals surface area contributed by atoms with Crippen LogP contribution in [0.2, 0.25) is 0 Å². The van der Waals surface area contributed by atoms with Crippen LogP contribution in [0, 0.1) is 0 Å². The van der Waals surface area contributed by atoms with Crippen molar-refractivity contribution >= 4 is 54.6 Å². The van der Waals surface area contributed by atoms with Gasteiger partial charge in [-0.05, 0) is 13.8 Å². The Kier molecular flexibility index (Phi) is 10.1. The van der Waals surface area contributed by atoms with E-state index in [-0.39, 0.29) is 0 Å². The topological polar surface area (TPSA) is 221 Å².